The summed E-state index contributed by atoms with van der Waals surface area (Å²) in [6.45, 7) is 1.46. The van der Waals surface area contributed by atoms with Gasteiger partial charge in [-0.25, -0.2) is 13.8 Å². The van der Waals surface area contributed by atoms with Gasteiger partial charge in [0, 0.05) is 0 Å². The third-order valence-electron chi connectivity index (χ3n) is 2.41. The van der Waals surface area contributed by atoms with Gasteiger partial charge in [-0.3, -0.25) is 9.78 Å². The average molecular weight is 264 g/mol. The van der Waals surface area contributed by atoms with Gasteiger partial charge < -0.3 is 11.1 Å². The van der Waals surface area contributed by atoms with E-state index < -0.39 is 23.2 Å². The number of benzene rings is 1. The first-order valence-corrected chi connectivity index (χ1v) is 5.32. The zero-order valence-electron chi connectivity index (χ0n) is 9.95. The third kappa shape index (κ3) is 2.65. The topological polar surface area (TPSA) is 80.9 Å². The Morgan fingerprint density at radius 1 is 1.32 bits per heavy atom. The molecule has 0 atom stereocenters. The molecule has 2 rings (SSSR count). The van der Waals surface area contributed by atoms with E-state index in [-0.39, 0.29) is 17.1 Å². The Balaban J connectivity index is 2.32. The highest BCUT2D eigenvalue weighted by Gasteiger charge is 2.16. The van der Waals surface area contributed by atoms with Gasteiger partial charge in [-0.15, -0.1) is 0 Å². The molecule has 0 spiro atoms. The largest absolute Gasteiger partial charge is 0.382 e. The Hall–Kier alpha value is -2.57. The maximum Gasteiger partial charge on any atom is 0.276 e. The summed E-state index contributed by atoms with van der Waals surface area (Å²) < 4.78 is 27.2. The summed E-state index contributed by atoms with van der Waals surface area (Å²) in [5.74, 6) is -2.44. The molecule has 19 heavy (non-hydrogen) atoms. The smallest absolute Gasteiger partial charge is 0.276 e. The van der Waals surface area contributed by atoms with Crippen molar-refractivity contribution in [3.05, 3.63) is 47.4 Å². The molecule has 1 aromatic heterocycles. The van der Waals surface area contributed by atoms with Crippen LogP contribution < -0.4 is 11.1 Å². The molecule has 0 bridgehead atoms. The van der Waals surface area contributed by atoms with Gasteiger partial charge in [-0.1, -0.05) is 6.07 Å². The minimum Gasteiger partial charge on any atom is -0.382 e. The second-order valence-electron chi connectivity index (χ2n) is 3.84. The Kier molecular flexibility index (Phi) is 3.37. The lowest BCUT2D eigenvalue weighted by Gasteiger charge is -2.08. The maximum atomic E-state index is 13.7. The fourth-order valence-electron chi connectivity index (χ4n) is 1.44. The summed E-state index contributed by atoms with van der Waals surface area (Å²) in [7, 11) is 0. The molecular weight excluding hydrogens is 254 g/mol. The molecule has 3 N–H and O–H groups in total. The second kappa shape index (κ2) is 4.97. The van der Waals surface area contributed by atoms with Gasteiger partial charge in [0.05, 0.1) is 12.4 Å². The molecule has 2 aromatic rings. The van der Waals surface area contributed by atoms with E-state index in [0.29, 0.717) is 0 Å². The number of hydrogen-bond donors (Lipinski definition) is 2. The summed E-state index contributed by atoms with van der Waals surface area (Å²) in [5.41, 5.74) is 4.95. The third-order valence-corrected chi connectivity index (χ3v) is 2.41. The van der Waals surface area contributed by atoms with Gasteiger partial charge in [-0.2, -0.15) is 0 Å². The van der Waals surface area contributed by atoms with Crippen molar-refractivity contribution in [3.63, 3.8) is 0 Å². The van der Waals surface area contributed by atoms with E-state index in [1.54, 1.807) is 0 Å². The predicted molar refractivity (Wildman–Crippen MR) is 65.5 cm³/mol. The minimum absolute atomic E-state index is 0.0397. The molecule has 0 saturated carbocycles. The fraction of sp³-hybridized carbons (Fsp3) is 0.0833. The molecule has 0 radical (unpaired) electrons. The van der Waals surface area contributed by atoms with E-state index in [0.717, 1.165) is 12.3 Å². The van der Waals surface area contributed by atoms with Crippen LogP contribution in [-0.4, -0.2) is 15.9 Å². The van der Waals surface area contributed by atoms with Gasteiger partial charge >= 0.3 is 0 Å². The number of nitrogens with zero attached hydrogens (tertiary/aromatic N) is 2. The molecule has 7 heteroatoms. The van der Waals surface area contributed by atoms with Crippen molar-refractivity contribution in [1.29, 1.82) is 0 Å². The number of halogens is 2. The van der Waals surface area contributed by atoms with E-state index in [2.05, 4.69) is 15.3 Å². The Labute approximate surface area is 107 Å². The van der Waals surface area contributed by atoms with Crippen molar-refractivity contribution in [2.45, 2.75) is 6.92 Å². The highest BCUT2D eigenvalue weighted by Crippen LogP contribution is 2.22. The standard InChI is InChI=1S/C12H10F2N4O/c1-6-2-3-7(13)11(10(6)14)18-12(19)8-4-16-5-9(15)17-8/h2-5H,1H3,(H2,15,17)(H,18,19). The van der Waals surface area contributed by atoms with Crippen LogP contribution in [0.25, 0.3) is 0 Å². The summed E-state index contributed by atoms with van der Waals surface area (Å²) in [5, 5.41) is 2.12. The Bertz CT molecular complexity index is 646. The number of rotatable bonds is 2. The monoisotopic (exact) mass is 264 g/mol. The second-order valence-corrected chi connectivity index (χ2v) is 3.84. The highest BCUT2D eigenvalue weighted by molar-refractivity contribution is 6.03. The lowest BCUT2D eigenvalue weighted by Crippen LogP contribution is -2.17. The number of amides is 1. The zero-order valence-corrected chi connectivity index (χ0v) is 9.95. The SMILES string of the molecule is Cc1ccc(F)c(NC(=O)c2cncc(N)n2)c1F. The predicted octanol–water partition coefficient (Wildman–Crippen LogP) is 1.90. The van der Waals surface area contributed by atoms with Crippen LogP contribution in [-0.2, 0) is 0 Å². The van der Waals surface area contributed by atoms with E-state index in [4.69, 9.17) is 5.73 Å². The van der Waals surface area contributed by atoms with Gasteiger partial charge in [0.2, 0.25) is 0 Å². The molecule has 0 aliphatic rings. The summed E-state index contributed by atoms with van der Waals surface area (Å²) in [4.78, 5) is 19.2. The first-order chi connectivity index (χ1) is 8.99. The van der Waals surface area contributed by atoms with Crippen molar-refractivity contribution in [3.8, 4) is 0 Å². The van der Waals surface area contributed by atoms with Gasteiger partial charge in [-0.05, 0) is 18.6 Å². The number of nitrogen functional groups attached to an aromatic ring is 1. The van der Waals surface area contributed by atoms with Crippen molar-refractivity contribution in [2.75, 3.05) is 11.1 Å². The molecule has 0 aliphatic carbocycles. The number of aryl methyl sites for hydroxylation is 1. The van der Waals surface area contributed by atoms with Gasteiger partial charge in [0.25, 0.3) is 5.91 Å². The van der Waals surface area contributed by atoms with Crippen LogP contribution in [0.4, 0.5) is 20.3 Å². The van der Waals surface area contributed by atoms with Crippen LogP contribution in [0.3, 0.4) is 0 Å². The summed E-state index contributed by atoms with van der Waals surface area (Å²) in [6.07, 6.45) is 2.40. The maximum absolute atomic E-state index is 13.7. The van der Waals surface area contributed by atoms with Gasteiger partial charge in [0.15, 0.2) is 5.82 Å². The van der Waals surface area contributed by atoms with Crippen molar-refractivity contribution < 1.29 is 13.6 Å². The average Bonchev–Trinajstić information content (AvgIpc) is 2.39. The molecule has 98 valence electrons. The van der Waals surface area contributed by atoms with Crippen LogP contribution in [0.5, 0.6) is 0 Å². The number of nitrogens with one attached hydrogen (secondary N) is 1. The molecule has 0 aliphatic heterocycles. The number of hydrogen-bond acceptors (Lipinski definition) is 4. The molecule has 0 saturated heterocycles. The van der Waals surface area contributed by atoms with Crippen LogP contribution in [0, 0.1) is 18.6 Å². The van der Waals surface area contributed by atoms with Crippen LogP contribution >= 0.6 is 0 Å². The molecule has 1 amide bonds. The zero-order chi connectivity index (χ0) is 14.0. The van der Waals surface area contributed by atoms with E-state index in [1.165, 1.54) is 19.2 Å². The van der Waals surface area contributed by atoms with Crippen LogP contribution in [0.15, 0.2) is 24.5 Å². The van der Waals surface area contributed by atoms with Crippen molar-refractivity contribution >= 4 is 17.4 Å². The molecule has 1 heterocycles. The van der Waals surface area contributed by atoms with Crippen LogP contribution in [0.2, 0.25) is 0 Å². The van der Waals surface area contributed by atoms with Crippen molar-refractivity contribution in [1.82, 2.24) is 9.97 Å². The van der Waals surface area contributed by atoms with Gasteiger partial charge in [0.1, 0.15) is 23.0 Å². The first kappa shape index (κ1) is 12.9. The number of anilines is 2. The van der Waals surface area contributed by atoms with E-state index in [9.17, 15) is 13.6 Å². The normalized spacial score (nSPS) is 10.3. The number of nitrogens with two attached hydrogens (primary N) is 1. The van der Waals surface area contributed by atoms with E-state index in [1.807, 2.05) is 0 Å². The molecule has 1 aromatic carbocycles. The Morgan fingerprint density at radius 2 is 2.05 bits per heavy atom. The number of carbonyl (C=O) groups is 1. The lowest BCUT2D eigenvalue weighted by molar-refractivity contribution is 0.102. The van der Waals surface area contributed by atoms with E-state index >= 15 is 0 Å². The fourth-order valence-corrected chi connectivity index (χ4v) is 1.44. The first-order valence-electron chi connectivity index (χ1n) is 5.32. The number of aromatic nitrogens is 2. The number of carbonyl (C=O) groups excluding carboxylic acids is 1. The highest BCUT2D eigenvalue weighted by atomic mass is 19.1. The minimum atomic E-state index is -0.867. The molecular formula is C12H10F2N4O. The molecule has 0 unspecified atom stereocenters. The lowest BCUT2D eigenvalue weighted by atomic mass is 10.2. The molecule has 5 nitrogen and oxygen atoms in total. The summed E-state index contributed by atoms with van der Waals surface area (Å²) in [6, 6.07) is 2.35. The Morgan fingerprint density at radius 3 is 2.74 bits per heavy atom. The summed E-state index contributed by atoms with van der Waals surface area (Å²) >= 11 is 0. The quantitative estimate of drug-likeness (QED) is 0.868. The van der Waals surface area contributed by atoms with Crippen LogP contribution in [0.1, 0.15) is 16.1 Å². The van der Waals surface area contributed by atoms with Crippen molar-refractivity contribution in [2.24, 2.45) is 0 Å². The molecule has 0 fully saturated rings.